The molecule has 0 spiro atoms. The Kier molecular flexibility index (Phi) is 6.98. The fraction of sp³-hybridized carbons (Fsp3) is 0.556. The van der Waals surface area contributed by atoms with Gasteiger partial charge >= 0.3 is 0 Å². The van der Waals surface area contributed by atoms with Gasteiger partial charge < -0.3 is 27.8 Å². The molecule has 1 aliphatic heterocycles. The van der Waals surface area contributed by atoms with Crippen LogP contribution in [0.3, 0.4) is 0 Å². The number of dihydropyridines is 1. The maximum atomic E-state index is 11.7. The summed E-state index contributed by atoms with van der Waals surface area (Å²) in [5.41, 5.74) is 17.2. The van der Waals surface area contributed by atoms with Crippen LogP contribution >= 0.6 is 0 Å². The van der Waals surface area contributed by atoms with Crippen LogP contribution in [0, 0.1) is 11.8 Å². The Morgan fingerprint density at radius 1 is 1.33 bits per heavy atom. The molecule has 0 aromatic heterocycles. The van der Waals surface area contributed by atoms with Crippen molar-refractivity contribution in [1.82, 2.24) is 10.6 Å². The molecule has 9 heteroatoms. The van der Waals surface area contributed by atoms with E-state index in [1.165, 1.54) is 0 Å². The first-order valence-corrected chi connectivity index (χ1v) is 9.21. The number of amides is 2. The lowest BCUT2D eigenvalue weighted by molar-refractivity contribution is -0.119. The summed E-state index contributed by atoms with van der Waals surface area (Å²) >= 11 is 0. The first-order valence-electron chi connectivity index (χ1n) is 9.21. The van der Waals surface area contributed by atoms with Gasteiger partial charge in [-0.15, -0.1) is 0 Å². The van der Waals surface area contributed by atoms with Crippen LogP contribution in [-0.2, 0) is 9.59 Å². The van der Waals surface area contributed by atoms with Crippen LogP contribution in [0.15, 0.2) is 33.3 Å². The van der Waals surface area contributed by atoms with Crippen molar-refractivity contribution in [3.05, 3.63) is 23.3 Å². The van der Waals surface area contributed by atoms with Gasteiger partial charge in [0.2, 0.25) is 5.91 Å². The zero-order valence-corrected chi connectivity index (χ0v) is 15.9. The number of nitrogens with one attached hydrogen (secondary N) is 2. The van der Waals surface area contributed by atoms with E-state index in [1.807, 2.05) is 19.9 Å². The number of allylic oxidation sites excluding steroid dienone is 1. The lowest BCUT2D eigenvalue weighted by Gasteiger charge is -2.20. The summed E-state index contributed by atoms with van der Waals surface area (Å²) in [6, 6.07) is -0.605. The summed E-state index contributed by atoms with van der Waals surface area (Å²) in [7, 11) is 0. The van der Waals surface area contributed by atoms with Crippen molar-refractivity contribution in [2.24, 2.45) is 39.0 Å². The van der Waals surface area contributed by atoms with Gasteiger partial charge in [-0.1, -0.05) is 32.8 Å². The number of hydrogen-bond acceptors (Lipinski definition) is 6. The normalized spacial score (nSPS) is 21.8. The molecule has 27 heavy (non-hydrogen) atoms. The van der Waals surface area contributed by atoms with E-state index in [2.05, 4.69) is 20.6 Å². The second kappa shape index (κ2) is 9.20. The highest BCUT2D eigenvalue weighted by Gasteiger charge is 2.28. The van der Waals surface area contributed by atoms with Crippen LogP contribution in [-0.4, -0.2) is 36.5 Å². The van der Waals surface area contributed by atoms with Crippen molar-refractivity contribution in [2.45, 2.75) is 45.6 Å². The molecule has 1 saturated carbocycles. The molecule has 9 nitrogen and oxygen atoms in total. The van der Waals surface area contributed by atoms with Crippen molar-refractivity contribution in [3.8, 4) is 0 Å². The number of aliphatic imine (C=N–C) groups is 2. The Morgan fingerprint density at radius 2 is 2.04 bits per heavy atom. The van der Waals surface area contributed by atoms with Crippen LogP contribution in [0.5, 0.6) is 0 Å². The maximum absolute atomic E-state index is 11.7. The van der Waals surface area contributed by atoms with Gasteiger partial charge in [0.25, 0.3) is 5.91 Å². The molecule has 0 bridgehead atoms. The molecule has 0 aromatic rings. The van der Waals surface area contributed by atoms with Gasteiger partial charge in [0.1, 0.15) is 23.4 Å². The predicted molar refractivity (Wildman–Crippen MR) is 105 cm³/mol. The van der Waals surface area contributed by atoms with Crippen LogP contribution in [0.2, 0.25) is 0 Å². The first-order chi connectivity index (χ1) is 12.8. The SMILES string of the molecule is CCC(=N[C@H](CC1CC1)C(N)=O)N/C(NC1=CC(C)CN=C1)=C(\N)C(N)=O. The average molecular weight is 375 g/mol. The zero-order chi connectivity index (χ0) is 20.0. The maximum Gasteiger partial charge on any atom is 0.268 e. The molecule has 8 N–H and O–H groups in total. The minimum Gasteiger partial charge on any atom is -0.391 e. The van der Waals surface area contributed by atoms with Crippen molar-refractivity contribution in [3.63, 3.8) is 0 Å². The van der Waals surface area contributed by atoms with E-state index in [-0.39, 0.29) is 17.4 Å². The van der Waals surface area contributed by atoms with Gasteiger partial charge in [0.15, 0.2) is 0 Å². The molecule has 148 valence electrons. The Hall–Kier alpha value is -2.84. The summed E-state index contributed by atoms with van der Waals surface area (Å²) in [5.74, 6) is 0.222. The quantitative estimate of drug-likeness (QED) is 0.215. The monoisotopic (exact) mass is 375 g/mol. The third-order valence-corrected chi connectivity index (χ3v) is 4.39. The number of nitrogens with two attached hydrogens (primary N) is 3. The Morgan fingerprint density at radius 3 is 2.56 bits per heavy atom. The fourth-order valence-corrected chi connectivity index (χ4v) is 2.67. The van der Waals surface area contributed by atoms with E-state index in [9.17, 15) is 9.59 Å². The summed E-state index contributed by atoms with van der Waals surface area (Å²) in [5, 5.41) is 6.05. The van der Waals surface area contributed by atoms with Gasteiger partial charge in [-0.3, -0.25) is 19.6 Å². The molecule has 2 aliphatic rings. The van der Waals surface area contributed by atoms with Gasteiger partial charge in [-0.2, -0.15) is 0 Å². The first kappa shape index (κ1) is 20.5. The Balaban J connectivity index is 2.22. The van der Waals surface area contributed by atoms with Crippen molar-refractivity contribution < 1.29 is 9.59 Å². The van der Waals surface area contributed by atoms with Gasteiger partial charge in [-0.05, 0) is 18.3 Å². The van der Waals surface area contributed by atoms with Crippen LogP contribution in [0.25, 0.3) is 0 Å². The van der Waals surface area contributed by atoms with Crippen molar-refractivity contribution >= 4 is 23.9 Å². The lowest BCUT2D eigenvalue weighted by atomic mass is 10.1. The molecule has 1 fully saturated rings. The highest BCUT2D eigenvalue weighted by atomic mass is 16.1. The number of amidine groups is 1. The molecular formula is C18H29N7O2. The molecule has 0 radical (unpaired) electrons. The Labute approximate surface area is 159 Å². The lowest BCUT2D eigenvalue weighted by Crippen LogP contribution is -2.39. The molecule has 2 amide bonds. The highest BCUT2D eigenvalue weighted by Crippen LogP contribution is 2.34. The standard InChI is InChI=1S/C18H29N7O2/c1-3-14(24-13(16(20)26)7-11-4-5-11)25-18(15(19)17(21)27)23-12-6-10(2)8-22-9-12/h6,9-11,13,23H,3-5,7-8,19H2,1-2H3,(H2,20,26)(H2,21,27)(H,24,25)/b18-15-/t10?,13-/m1/s1. The number of hydrogen-bond donors (Lipinski definition) is 5. The minimum absolute atomic E-state index is 0.165. The van der Waals surface area contributed by atoms with Gasteiger partial charge in [0, 0.05) is 19.2 Å². The zero-order valence-electron chi connectivity index (χ0n) is 15.9. The molecule has 0 aromatic carbocycles. The molecule has 1 unspecified atom stereocenters. The summed E-state index contributed by atoms with van der Waals surface area (Å²) in [6.45, 7) is 4.61. The van der Waals surface area contributed by atoms with Crippen LogP contribution in [0.4, 0.5) is 0 Å². The number of carbonyl (C=O) groups is 2. The van der Waals surface area contributed by atoms with Gasteiger partial charge in [-0.25, -0.2) is 0 Å². The largest absolute Gasteiger partial charge is 0.391 e. The number of primary amides is 2. The second-order valence-corrected chi connectivity index (χ2v) is 7.02. The molecule has 1 aliphatic carbocycles. The molecule has 1 heterocycles. The van der Waals surface area contributed by atoms with Crippen molar-refractivity contribution in [1.29, 1.82) is 0 Å². The highest BCUT2D eigenvalue weighted by molar-refractivity contribution is 5.94. The molecule has 2 rings (SSSR count). The average Bonchev–Trinajstić information content (AvgIpc) is 3.42. The number of rotatable bonds is 9. The van der Waals surface area contributed by atoms with Crippen molar-refractivity contribution in [2.75, 3.05) is 6.54 Å². The predicted octanol–water partition coefficient (Wildman–Crippen LogP) is -0.154. The number of nitrogens with zero attached hydrogens (tertiary/aromatic N) is 2. The van der Waals surface area contributed by atoms with E-state index < -0.39 is 17.9 Å². The Bertz CT molecular complexity index is 704. The van der Waals surface area contributed by atoms with E-state index >= 15 is 0 Å². The third-order valence-electron chi connectivity index (χ3n) is 4.39. The van der Waals surface area contributed by atoms with Crippen LogP contribution < -0.4 is 27.8 Å². The van der Waals surface area contributed by atoms with Crippen LogP contribution in [0.1, 0.15) is 39.5 Å². The van der Waals surface area contributed by atoms with E-state index in [0.29, 0.717) is 36.8 Å². The summed E-state index contributed by atoms with van der Waals surface area (Å²) < 4.78 is 0. The second-order valence-electron chi connectivity index (χ2n) is 7.02. The van der Waals surface area contributed by atoms with E-state index in [4.69, 9.17) is 17.2 Å². The summed E-state index contributed by atoms with van der Waals surface area (Å²) in [6.07, 6.45) is 6.97. The van der Waals surface area contributed by atoms with Gasteiger partial charge in [0.05, 0.1) is 5.70 Å². The topological polar surface area (TPSA) is 161 Å². The smallest absolute Gasteiger partial charge is 0.268 e. The molecular weight excluding hydrogens is 346 g/mol. The molecule has 0 saturated heterocycles. The van der Waals surface area contributed by atoms with E-state index in [1.54, 1.807) is 6.21 Å². The third kappa shape index (κ3) is 6.43. The molecule has 2 atom stereocenters. The van der Waals surface area contributed by atoms with E-state index in [0.717, 1.165) is 12.8 Å². The number of carbonyl (C=O) groups excluding carboxylic acids is 2. The summed E-state index contributed by atoms with van der Waals surface area (Å²) in [4.78, 5) is 32.0. The fourth-order valence-electron chi connectivity index (χ4n) is 2.67. The minimum atomic E-state index is -0.772.